The van der Waals surface area contributed by atoms with E-state index >= 15 is 0 Å². The predicted molar refractivity (Wildman–Crippen MR) is 79.3 cm³/mol. The largest absolute Gasteiger partial charge is 0.463 e. The molecule has 0 atom stereocenters. The molecule has 0 aromatic carbocycles. The number of oxazole rings is 1. The monoisotopic (exact) mass is 293 g/mol. The maximum absolute atomic E-state index is 11.8. The highest BCUT2D eigenvalue weighted by Crippen LogP contribution is 2.34. The first-order chi connectivity index (χ1) is 9.24. The molecule has 0 radical (unpaired) electrons. The maximum Gasteiger partial charge on any atom is 0.376 e. The molecular weight excluding hydrogens is 274 g/mol. The summed E-state index contributed by atoms with van der Waals surface area (Å²) in [5.74, 6) is 0.189. The lowest BCUT2D eigenvalue weighted by atomic mass is 9.91. The van der Waals surface area contributed by atoms with Gasteiger partial charge >= 0.3 is 5.97 Å². The summed E-state index contributed by atoms with van der Waals surface area (Å²) in [4.78, 5) is 18.5. The molecule has 0 saturated carbocycles. The molecule has 2 rings (SSSR count). The van der Waals surface area contributed by atoms with Crippen LogP contribution in [0.3, 0.4) is 0 Å². The molecule has 5 heteroatoms. The summed E-state index contributed by atoms with van der Waals surface area (Å²) in [5, 5.41) is 0. The Balaban J connectivity index is 2.57. The minimum absolute atomic E-state index is 0.193. The van der Waals surface area contributed by atoms with Crippen LogP contribution in [-0.4, -0.2) is 18.1 Å². The number of methoxy groups -OCH3 is 1. The Kier molecular flexibility index (Phi) is 3.73. The van der Waals surface area contributed by atoms with E-state index in [0.717, 1.165) is 4.88 Å². The molecule has 4 nitrogen and oxygen atoms in total. The van der Waals surface area contributed by atoms with Crippen molar-refractivity contribution in [3.8, 4) is 10.8 Å². The molecule has 2 aromatic heterocycles. The number of hydrogen-bond acceptors (Lipinski definition) is 5. The van der Waals surface area contributed by atoms with Crippen LogP contribution in [0.1, 0.15) is 47.5 Å². The second-order valence-corrected chi connectivity index (χ2v) is 7.04. The number of ether oxygens (including phenoxy) is 1. The Morgan fingerprint density at radius 1 is 1.35 bits per heavy atom. The van der Waals surface area contributed by atoms with Crippen molar-refractivity contribution in [3.63, 3.8) is 0 Å². The topological polar surface area (TPSA) is 52.3 Å². The first-order valence-electron chi connectivity index (χ1n) is 6.41. The number of hydrogen-bond donors (Lipinski definition) is 0. The van der Waals surface area contributed by atoms with Crippen molar-refractivity contribution in [1.29, 1.82) is 0 Å². The van der Waals surface area contributed by atoms with Crippen LogP contribution in [0.5, 0.6) is 0 Å². The molecule has 0 unspecified atom stereocenters. The van der Waals surface area contributed by atoms with Crippen molar-refractivity contribution < 1.29 is 13.9 Å². The van der Waals surface area contributed by atoms with E-state index in [2.05, 4.69) is 11.9 Å². The molecule has 0 aliphatic carbocycles. The van der Waals surface area contributed by atoms with Gasteiger partial charge in [-0.1, -0.05) is 20.8 Å². The standard InChI is InChI=1S/C15H19NO3S/c1-8-7-10(20-9(8)2)13-16-12(15(3,4)5)11(19-13)14(17)18-6/h7H,1-6H3. The number of aryl methyl sites for hydroxylation is 2. The van der Waals surface area contributed by atoms with Crippen LogP contribution in [0.4, 0.5) is 0 Å². The van der Waals surface area contributed by atoms with Gasteiger partial charge in [-0.05, 0) is 25.5 Å². The van der Waals surface area contributed by atoms with Crippen molar-refractivity contribution in [2.24, 2.45) is 0 Å². The third kappa shape index (κ3) is 2.63. The van der Waals surface area contributed by atoms with Crippen molar-refractivity contribution in [1.82, 2.24) is 4.98 Å². The summed E-state index contributed by atoms with van der Waals surface area (Å²) < 4.78 is 10.5. The summed E-state index contributed by atoms with van der Waals surface area (Å²) in [5.41, 5.74) is 1.54. The first kappa shape index (κ1) is 14.8. The van der Waals surface area contributed by atoms with Gasteiger partial charge in [-0.3, -0.25) is 0 Å². The van der Waals surface area contributed by atoms with Crippen LogP contribution >= 0.6 is 11.3 Å². The van der Waals surface area contributed by atoms with Gasteiger partial charge in [0.25, 0.3) is 0 Å². The normalized spacial score (nSPS) is 11.7. The Hall–Kier alpha value is -1.62. The highest BCUT2D eigenvalue weighted by molar-refractivity contribution is 7.15. The number of esters is 1. The van der Waals surface area contributed by atoms with E-state index in [0.29, 0.717) is 11.6 Å². The zero-order valence-corrected chi connectivity index (χ0v) is 13.5. The Morgan fingerprint density at radius 2 is 2.00 bits per heavy atom. The van der Waals surface area contributed by atoms with Gasteiger partial charge in [0, 0.05) is 10.3 Å². The summed E-state index contributed by atoms with van der Waals surface area (Å²) in [6.07, 6.45) is 0. The van der Waals surface area contributed by atoms with Crippen molar-refractivity contribution in [3.05, 3.63) is 28.0 Å². The molecule has 0 spiro atoms. The number of carbonyl (C=O) groups is 1. The van der Waals surface area contributed by atoms with E-state index in [1.54, 1.807) is 11.3 Å². The van der Waals surface area contributed by atoms with Crippen LogP contribution in [0.25, 0.3) is 10.8 Å². The van der Waals surface area contributed by atoms with Gasteiger partial charge in [0.1, 0.15) is 5.69 Å². The van der Waals surface area contributed by atoms with Gasteiger partial charge in [-0.25, -0.2) is 9.78 Å². The average molecular weight is 293 g/mol. The lowest BCUT2D eigenvalue weighted by Gasteiger charge is -2.15. The van der Waals surface area contributed by atoms with Crippen LogP contribution in [0.15, 0.2) is 10.5 Å². The minimum Gasteiger partial charge on any atom is -0.463 e. The van der Waals surface area contributed by atoms with Crippen LogP contribution < -0.4 is 0 Å². The molecule has 20 heavy (non-hydrogen) atoms. The van der Waals surface area contributed by atoms with Gasteiger partial charge in [0.05, 0.1) is 12.0 Å². The Bertz CT molecular complexity index is 627. The molecule has 0 amide bonds. The van der Waals surface area contributed by atoms with Crippen molar-refractivity contribution in [2.75, 3.05) is 7.11 Å². The van der Waals surface area contributed by atoms with Crippen LogP contribution in [0, 0.1) is 13.8 Å². The summed E-state index contributed by atoms with van der Waals surface area (Å²) in [6, 6.07) is 2.03. The van der Waals surface area contributed by atoms with Crippen LogP contribution in [-0.2, 0) is 10.2 Å². The van der Waals surface area contributed by atoms with Crippen molar-refractivity contribution >= 4 is 17.3 Å². The first-order valence-corrected chi connectivity index (χ1v) is 7.22. The molecule has 2 aromatic rings. The number of thiophene rings is 1. The van der Waals surface area contributed by atoms with E-state index in [1.165, 1.54) is 17.6 Å². The zero-order chi connectivity index (χ0) is 15.1. The number of carbonyl (C=O) groups excluding carboxylic acids is 1. The smallest absolute Gasteiger partial charge is 0.376 e. The van der Waals surface area contributed by atoms with Crippen molar-refractivity contribution in [2.45, 2.75) is 40.0 Å². The van der Waals surface area contributed by atoms with E-state index in [4.69, 9.17) is 9.15 Å². The lowest BCUT2D eigenvalue weighted by Crippen LogP contribution is -2.17. The van der Waals surface area contributed by atoms with Crippen LogP contribution in [0.2, 0.25) is 0 Å². The predicted octanol–water partition coefficient (Wildman–Crippen LogP) is 4.10. The summed E-state index contributed by atoms with van der Waals surface area (Å²) in [7, 11) is 1.34. The number of rotatable bonds is 2. The van der Waals surface area contributed by atoms with Gasteiger partial charge in [0.15, 0.2) is 0 Å². The molecule has 0 bridgehead atoms. The zero-order valence-electron chi connectivity index (χ0n) is 12.7. The average Bonchev–Trinajstić information content (AvgIpc) is 2.93. The van der Waals surface area contributed by atoms with Gasteiger partial charge in [0.2, 0.25) is 11.7 Å². The van der Waals surface area contributed by atoms with Gasteiger partial charge < -0.3 is 9.15 Å². The molecule has 108 valence electrons. The number of nitrogens with zero attached hydrogens (tertiary/aromatic N) is 1. The third-order valence-corrected chi connectivity index (χ3v) is 4.23. The van der Waals surface area contributed by atoms with Gasteiger partial charge in [-0.2, -0.15) is 0 Å². The summed E-state index contributed by atoms with van der Waals surface area (Å²) in [6.45, 7) is 10.1. The van der Waals surface area contributed by atoms with E-state index < -0.39 is 5.97 Å². The third-order valence-electron chi connectivity index (χ3n) is 3.09. The minimum atomic E-state index is -0.487. The van der Waals surface area contributed by atoms with E-state index in [9.17, 15) is 4.79 Å². The fourth-order valence-corrected chi connectivity index (χ4v) is 2.80. The Morgan fingerprint density at radius 3 is 2.45 bits per heavy atom. The summed E-state index contributed by atoms with van der Waals surface area (Å²) >= 11 is 1.61. The van der Waals surface area contributed by atoms with E-state index in [1.807, 2.05) is 33.8 Å². The fourth-order valence-electron chi connectivity index (χ4n) is 1.84. The molecule has 0 aliphatic rings. The quantitative estimate of drug-likeness (QED) is 0.782. The second kappa shape index (κ2) is 5.05. The molecular formula is C15H19NO3S. The molecule has 2 heterocycles. The number of aromatic nitrogens is 1. The van der Waals surface area contributed by atoms with Gasteiger partial charge in [-0.15, -0.1) is 11.3 Å². The maximum atomic E-state index is 11.8. The highest BCUT2D eigenvalue weighted by atomic mass is 32.1. The molecule has 0 saturated heterocycles. The fraction of sp³-hybridized carbons (Fsp3) is 0.467. The molecule has 0 N–H and O–H groups in total. The second-order valence-electron chi connectivity index (χ2n) is 5.79. The SMILES string of the molecule is COC(=O)c1oc(-c2cc(C)c(C)s2)nc1C(C)(C)C. The molecule has 0 aliphatic heterocycles. The Labute approximate surface area is 122 Å². The lowest BCUT2D eigenvalue weighted by molar-refractivity contribution is 0.0562. The molecule has 0 fully saturated rings. The highest BCUT2D eigenvalue weighted by Gasteiger charge is 2.30. The van der Waals surface area contributed by atoms with E-state index in [-0.39, 0.29) is 11.2 Å².